The molecule has 0 atom stereocenters. The highest BCUT2D eigenvalue weighted by Gasteiger charge is 2.21. The van der Waals surface area contributed by atoms with E-state index >= 15 is 0 Å². The van der Waals surface area contributed by atoms with Crippen molar-refractivity contribution in [3.63, 3.8) is 0 Å². The van der Waals surface area contributed by atoms with Crippen molar-refractivity contribution < 1.29 is 9.13 Å². The topological polar surface area (TPSA) is 21.3 Å². The average Bonchev–Trinajstić information content (AvgIpc) is 2.40. The Kier molecular flexibility index (Phi) is 3.48. The molecule has 1 N–H and O–H groups in total. The van der Waals surface area contributed by atoms with E-state index in [0.29, 0.717) is 18.7 Å². The van der Waals surface area contributed by atoms with Gasteiger partial charge in [-0.1, -0.05) is 35.3 Å². The second-order valence-corrected chi connectivity index (χ2v) is 5.47. The van der Waals surface area contributed by atoms with Crippen LogP contribution in [0.3, 0.4) is 0 Å². The molecule has 0 bridgehead atoms. The van der Waals surface area contributed by atoms with Gasteiger partial charge in [0.15, 0.2) is 0 Å². The largest absolute Gasteiger partial charge is 0.489 e. The number of nitrogens with one attached hydrogen (secondary N) is 1. The molecule has 0 saturated carbocycles. The van der Waals surface area contributed by atoms with Crippen molar-refractivity contribution in [2.24, 2.45) is 0 Å². The average molecular weight is 312 g/mol. The zero-order chi connectivity index (χ0) is 14.3. The summed E-state index contributed by atoms with van der Waals surface area (Å²) < 4.78 is 19.0. The van der Waals surface area contributed by atoms with Crippen molar-refractivity contribution in [3.8, 4) is 16.9 Å². The van der Waals surface area contributed by atoms with E-state index < -0.39 is 5.82 Å². The van der Waals surface area contributed by atoms with Gasteiger partial charge in [-0.05, 0) is 24.6 Å². The van der Waals surface area contributed by atoms with Crippen LogP contribution >= 0.6 is 23.2 Å². The first kappa shape index (κ1) is 13.5. The number of halogens is 3. The van der Waals surface area contributed by atoms with Gasteiger partial charge in [-0.25, -0.2) is 4.39 Å². The van der Waals surface area contributed by atoms with E-state index in [9.17, 15) is 4.39 Å². The van der Waals surface area contributed by atoms with Crippen LogP contribution in [0.25, 0.3) is 11.1 Å². The van der Waals surface area contributed by atoms with Crippen LogP contribution < -0.4 is 10.1 Å². The van der Waals surface area contributed by atoms with Crippen LogP contribution in [-0.2, 0) is 0 Å². The molecule has 0 aromatic heterocycles. The van der Waals surface area contributed by atoms with Gasteiger partial charge in [-0.15, -0.1) is 0 Å². The van der Waals surface area contributed by atoms with Gasteiger partial charge in [-0.3, -0.25) is 0 Å². The SMILES string of the molecule is Cc1ccc(-c2c(Cl)cc(F)cc2Cl)c2c1OCCN2. The van der Waals surface area contributed by atoms with Gasteiger partial charge in [0.1, 0.15) is 18.2 Å². The zero-order valence-electron chi connectivity index (χ0n) is 10.8. The number of hydrogen-bond donors (Lipinski definition) is 1. The van der Waals surface area contributed by atoms with E-state index in [4.69, 9.17) is 27.9 Å². The molecule has 104 valence electrons. The molecular formula is C15H12Cl2FNO. The molecule has 1 heterocycles. The standard InChI is InChI=1S/C15H12Cl2FNO/c1-8-2-3-10(14-15(8)20-5-4-19-14)13-11(16)6-9(18)7-12(13)17/h2-3,6-7,19H,4-5H2,1H3. The summed E-state index contributed by atoms with van der Waals surface area (Å²) in [5.74, 6) is 0.346. The van der Waals surface area contributed by atoms with Crippen molar-refractivity contribution in [2.45, 2.75) is 6.92 Å². The van der Waals surface area contributed by atoms with Crippen LogP contribution in [-0.4, -0.2) is 13.2 Å². The second kappa shape index (κ2) is 5.15. The van der Waals surface area contributed by atoms with Gasteiger partial charge < -0.3 is 10.1 Å². The molecule has 20 heavy (non-hydrogen) atoms. The Hall–Kier alpha value is -1.45. The van der Waals surface area contributed by atoms with E-state index in [1.807, 2.05) is 19.1 Å². The minimum absolute atomic E-state index is 0.286. The van der Waals surface area contributed by atoms with Crippen molar-refractivity contribution >= 4 is 28.9 Å². The quantitative estimate of drug-likeness (QED) is 0.807. The van der Waals surface area contributed by atoms with E-state index in [1.165, 1.54) is 12.1 Å². The monoisotopic (exact) mass is 311 g/mol. The zero-order valence-corrected chi connectivity index (χ0v) is 12.3. The molecular weight excluding hydrogens is 300 g/mol. The number of anilines is 1. The molecule has 0 aliphatic carbocycles. The number of ether oxygens (including phenoxy) is 1. The third-order valence-electron chi connectivity index (χ3n) is 3.28. The van der Waals surface area contributed by atoms with Crippen LogP contribution in [0.15, 0.2) is 24.3 Å². The molecule has 5 heteroatoms. The Bertz CT molecular complexity index is 665. The number of hydrogen-bond acceptors (Lipinski definition) is 2. The molecule has 2 nitrogen and oxygen atoms in total. The lowest BCUT2D eigenvalue weighted by Crippen LogP contribution is -2.19. The predicted molar refractivity (Wildman–Crippen MR) is 80.6 cm³/mol. The molecule has 0 amide bonds. The Balaban J connectivity index is 2.26. The maximum Gasteiger partial charge on any atom is 0.146 e. The lowest BCUT2D eigenvalue weighted by atomic mass is 9.99. The Morgan fingerprint density at radius 2 is 1.90 bits per heavy atom. The van der Waals surface area contributed by atoms with Crippen LogP contribution in [0, 0.1) is 12.7 Å². The second-order valence-electron chi connectivity index (χ2n) is 4.65. The highest BCUT2D eigenvalue weighted by atomic mass is 35.5. The van der Waals surface area contributed by atoms with Crippen LogP contribution in [0.5, 0.6) is 5.75 Å². The van der Waals surface area contributed by atoms with Crippen molar-refractivity contribution in [2.75, 3.05) is 18.5 Å². The first-order chi connectivity index (χ1) is 9.58. The molecule has 2 aromatic carbocycles. The smallest absolute Gasteiger partial charge is 0.146 e. The van der Waals surface area contributed by atoms with Crippen LogP contribution in [0.2, 0.25) is 10.0 Å². The fourth-order valence-corrected chi connectivity index (χ4v) is 3.05. The molecule has 0 radical (unpaired) electrons. The minimum atomic E-state index is -0.450. The summed E-state index contributed by atoms with van der Waals surface area (Å²) in [6, 6.07) is 6.38. The fourth-order valence-electron chi connectivity index (χ4n) is 2.39. The molecule has 1 aliphatic heterocycles. The Labute approximate surface area is 126 Å². The van der Waals surface area contributed by atoms with Crippen molar-refractivity contribution in [3.05, 3.63) is 45.7 Å². The first-order valence-corrected chi connectivity index (χ1v) is 6.98. The normalized spacial score (nSPS) is 13.4. The number of benzene rings is 2. The first-order valence-electron chi connectivity index (χ1n) is 6.23. The van der Waals surface area contributed by atoms with Crippen molar-refractivity contribution in [1.82, 2.24) is 0 Å². The van der Waals surface area contributed by atoms with Crippen LogP contribution in [0.1, 0.15) is 5.56 Å². The van der Waals surface area contributed by atoms with Gasteiger partial charge in [0.2, 0.25) is 0 Å². The van der Waals surface area contributed by atoms with Gasteiger partial charge in [-0.2, -0.15) is 0 Å². The maximum atomic E-state index is 13.3. The molecule has 0 spiro atoms. The number of aryl methyl sites for hydroxylation is 1. The molecule has 0 saturated heterocycles. The summed E-state index contributed by atoms with van der Waals surface area (Å²) in [5.41, 5.74) is 3.32. The number of rotatable bonds is 1. The molecule has 3 rings (SSSR count). The maximum absolute atomic E-state index is 13.3. The van der Waals surface area contributed by atoms with E-state index in [0.717, 1.165) is 22.6 Å². The third kappa shape index (κ3) is 2.21. The highest BCUT2D eigenvalue weighted by Crippen LogP contribution is 2.45. The molecule has 0 fully saturated rings. The Morgan fingerprint density at radius 3 is 2.60 bits per heavy atom. The van der Waals surface area contributed by atoms with E-state index in [1.54, 1.807) is 0 Å². The van der Waals surface area contributed by atoms with Gasteiger partial charge in [0.05, 0.1) is 15.7 Å². The van der Waals surface area contributed by atoms with E-state index in [-0.39, 0.29) is 10.0 Å². The summed E-state index contributed by atoms with van der Waals surface area (Å²) in [6.45, 7) is 3.30. The predicted octanol–water partition coefficient (Wildman–Crippen LogP) is 4.91. The summed E-state index contributed by atoms with van der Waals surface area (Å²) >= 11 is 12.3. The lowest BCUT2D eigenvalue weighted by Gasteiger charge is -2.24. The van der Waals surface area contributed by atoms with Gasteiger partial charge in [0.25, 0.3) is 0 Å². The molecule has 0 unspecified atom stereocenters. The van der Waals surface area contributed by atoms with E-state index in [2.05, 4.69) is 5.32 Å². The highest BCUT2D eigenvalue weighted by molar-refractivity contribution is 6.39. The Morgan fingerprint density at radius 1 is 1.20 bits per heavy atom. The summed E-state index contributed by atoms with van der Waals surface area (Å²) in [7, 11) is 0. The van der Waals surface area contributed by atoms with Crippen LogP contribution in [0.4, 0.5) is 10.1 Å². The molecule has 1 aliphatic rings. The molecule has 2 aromatic rings. The summed E-state index contributed by atoms with van der Waals surface area (Å²) in [5, 5.41) is 3.87. The fraction of sp³-hybridized carbons (Fsp3) is 0.200. The number of fused-ring (bicyclic) bond motifs is 1. The van der Waals surface area contributed by atoms with Gasteiger partial charge in [0, 0.05) is 17.7 Å². The summed E-state index contributed by atoms with van der Waals surface area (Å²) in [6.07, 6.45) is 0. The van der Waals surface area contributed by atoms with Gasteiger partial charge >= 0.3 is 0 Å². The lowest BCUT2D eigenvalue weighted by molar-refractivity contribution is 0.321. The minimum Gasteiger partial charge on any atom is -0.489 e. The summed E-state index contributed by atoms with van der Waals surface area (Å²) in [4.78, 5) is 0. The van der Waals surface area contributed by atoms with Crippen molar-refractivity contribution in [1.29, 1.82) is 0 Å². The third-order valence-corrected chi connectivity index (χ3v) is 3.88.